The predicted octanol–water partition coefficient (Wildman–Crippen LogP) is 2.65. The summed E-state index contributed by atoms with van der Waals surface area (Å²) in [6.07, 6.45) is 6.71. The number of esters is 2. The molecule has 0 spiro atoms. The zero-order valence-corrected chi connectivity index (χ0v) is 19.3. The number of phosphoric acid groups is 1. The van der Waals surface area contributed by atoms with Crippen LogP contribution in [0.4, 0.5) is 0 Å². The van der Waals surface area contributed by atoms with Crippen LogP contribution in [0, 0.1) is 0 Å². The molecule has 0 aromatic heterocycles. The second-order valence-electron chi connectivity index (χ2n) is 6.97. The fraction of sp³-hybridized carbons (Fsp3) is 0.800. The van der Waals surface area contributed by atoms with Crippen LogP contribution in [0.1, 0.15) is 65.2 Å². The van der Waals surface area contributed by atoms with E-state index in [1.807, 2.05) is 13.0 Å². The highest BCUT2D eigenvalue weighted by molar-refractivity contribution is 7.47. The molecular weight excluding hydrogens is 431 g/mol. The molecule has 31 heavy (non-hydrogen) atoms. The van der Waals surface area contributed by atoms with Crippen molar-refractivity contribution >= 4 is 19.8 Å². The minimum absolute atomic E-state index is 0.0579. The van der Waals surface area contributed by atoms with Gasteiger partial charge in [0.05, 0.1) is 26.2 Å². The topological polar surface area (TPSA) is 149 Å². The third-order valence-corrected chi connectivity index (χ3v) is 4.90. The van der Waals surface area contributed by atoms with Gasteiger partial charge in [-0.05, 0) is 12.8 Å². The van der Waals surface area contributed by atoms with Crippen molar-refractivity contribution in [2.24, 2.45) is 0 Å². The van der Waals surface area contributed by atoms with E-state index in [1.54, 1.807) is 6.08 Å². The lowest BCUT2D eigenvalue weighted by molar-refractivity contribution is -0.160. The number of hydrogen-bond donors (Lipinski definition) is 3. The molecule has 0 radical (unpaired) electrons. The van der Waals surface area contributed by atoms with Gasteiger partial charge in [0, 0.05) is 6.42 Å². The van der Waals surface area contributed by atoms with Crippen molar-refractivity contribution in [3.63, 3.8) is 0 Å². The molecule has 0 aromatic carbocycles. The fourth-order valence-electron chi connectivity index (χ4n) is 2.19. The minimum Gasteiger partial charge on any atom is -0.461 e. The van der Waals surface area contributed by atoms with Gasteiger partial charge in [-0.25, -0.2) is 4.57 Å². The van der Waals surface area contributed by atoms with Gasteiger partial charge >= 0.3 is 19.8 Å². The van der Waals surface area contributed by atoms with Crippen LogP contribution in [0.3, 0.4) is 0 Å². The maximum absolute atomic E-state index is 12.0. The Balaban J connectivity index is 4.66. The fourth-order valence-corrected chi connectivity index (χ4v) is 2.98. The van der Waals surface area contributed by atoms with Crippen LogP contribution in [0.5, 0.6) is 0 Å². The van der Waals surface area contributed by atoms with E-state index < -0.39 is 51.8 Å². The van der Waals surface area contributed by atoms with Crippen LogP contribution in [-0.2, 0) is 32.7 Å². The van der Waals surface area contributed by atoms with Crippen LogP contribution in [0.2, 0.25) is 0 Å². The monoisotopic (exact) mass is 468 g/mol. The van der Waals surface area contributed by atoms with Gasteiger partial charge in [0.2, 0.25) is 0 Å². The first-order chi connectivity index (χ1) is 14.7. The van der Waals surface area contributed by atoms with Gasteiger partial charge in [-0.3, -0.25) is 18.6 Å². The van der Waals surface area contributed by atoms with Crippen molar-refractivity contribution in [2.75, 3.05) is 26.4 Å². The molecular formula is C20H37O10P. The van der Waals surface area contributed by atoms with Crippen molar-refractivity contribution in [2.45, 2.75) is 77.4 Å². The molecule has 3 atom stereocenters. The smallest absolute Gasteiger partial charge is 0.461 e. The molecule has 1 unspecified atom stereocenters. The molecule has 0 aliphatic rings. The lowest BCUT2D eigenvalue weighted by Gasteiger charge is -2.20. The maximum atomic E-state index is 12.0. The molecule has 0 fully saturated rings. The van der Waals surface area contributed by atoms with E-state index in [0.29, 0.717) is 6.42 Å². The van der Waals surface area contributed by atoms with E-state index in [4.69, 9.17) is 19.1 Å². The van der Waals surface area contributed by atoms with Gasteiger partial charge in [-0.2, -0.15) is 0 Å². The van der Waals surface area contributed by atoms with Crippen LogP contribution in [0.15, 0.2) is 12.2 Å². The second kappa shape index (κ2) is 18.3. The van der Waals surface area contributed by atoms with Crippen LogP contribution in [0.25, 0.3) is 0 Å². The summed E-state index contributed by atoms with van der Waals surface area (Å²) < 4.78 is 31.5. The lowest BCUT2D eigenvalue weighted by atomic mass is 10.2. The number of carbonyl (C=O) groups is 2. The van der Waals surface area contributed by atoms with Gasteiger partial charge in [0.1, 0.15) is 12.7 Å². The highest BCUT2D eigenvalue weighted by Gasteiger charge is 2.27. The summed E-state index contributed by atoms with van der Waals surface area (Å²) in [5.74, 6) is -1.07. The Morgan fingerprint density at radius 1 is 0.968 bits per heavy atom. The molecule has 0 aliphatic heterocycles. The van der Waals surface area contributed by atoms with Crippen molar-refractivity contribution in [3.8, 4) is 0 Å². The van der Waals surface area contributed by atoms with Gasteiger partial charge in [-0.15, -0.1) is 0 Å². The third kappa shape index (κ3) is 18.0. The summed E-state index contributed by atoms with van der Waals surface area (Å²) in [7, 11) is -4.57. The van der Waals surface area contributed by atoms with E-state index in [2.05, 4.69) is 11.4 Å². The second-order valence-corrected chi connectivity index (χ2v) is 8.42. The van der Waals surface area contributed by atoms with E-state index in [9.17, 15) is 24.2 Å². The number of rotatable bonds is 19. The van der Waals surface area contributed by atoms with E-state index in [0.717, 1.165) is 32.1 Å². The van der Waals surface area contributed by atoms with Crippen molar-refractivity contribution in [3.05, 3.63) is 12.2 Å². The number of hydrogen-bond acceptors (Lipinski definition) is 9. The average Bonchev–Trinajstić information content (AvgIpc) is 2.74. The molecule has 0 aliphatic carbocycles. The maximum Gasteiger partial charge on any atom is 0.472 e. The average molecular weight is 468 g/mol. The first-order valence-corrected chi connectivity index (χ1v) is 12.1. The summed E-state index contributed by atoms with van der Waals surface area (Å²) >= 11 is 0. The highest BCUT2D eigenvalue weighted by Crippen LogP contribution is 2.43. The molecule has 0 heterocycles. The number of ether oxygens (including phenoxy) is 2. The molecule has 182 valence electrons. The summed E-state index contributed by atoms with van der Waals surface area (Å²) in [6.45, 7) is 1.89. The van der Waals surface area contributed by atoms with E-state index >= 15 is 0 Å². The Bertz CT molecular complexity index is 566. The number of aliphatic hydroxyl groups excluding tert-OH is 2. The first-order valence-electron chi connectivity index (χ1n) is 10.6. The number of phosphoric ester groups is 1. The Hall–Kier alpha value is -1.29. The van der Waals surface area contributed by atoms with Crippen molar-refractivity contribution in [1.82, 2.24) is 0 Å². The van der Waals surface area contributed by atoms with Crippen LogP contribution in [-0.4, -0.2) is 65.7 Å². The zero-order valence-electron chi connectivity index (χ0n) is 18.4. The Morgan fingerprint density at radius 2 is 1.65 bits per heavy atom. The first kappa shape index (κ1) is 29.7. The number of unbranched alkanes of at least 4 members (excludes halogenated alkanes) is 4. The van der Waals surface area contributed by atoms with Crippen molar-refractivity contribution in [1.29, 1.82) is 0 Å². The van der Waals surface area contributed by atoms with E-state index in [-0.39, 0.29) is 19.4 Å². The molecule has 0 saturated carbocycles. The van der Waals surface area contributed by atoms with Gasteiger partial charge in [-0.1, -0.05) is 51.7 Å². The summed E-state index contributed by atoms with van der Waals surface area (Å²) in [6, 6.07) is 0. The highest BCUT2D eigenvalue weighted by atomic mass is 31.2. The van der Waals surface area contributed by atoms with Crippen LogP contribution >= 0.6 is 7.82 Å². The molecule has 0 amide bonds. The van der Waals surface area contributed by atoms with Crippen molar-refractivity contribution < 1.29 is 47.8 Å². The Kier molecular flexibility index (Phi) is 17.5. The molecule has 0 aromatic rings. The predicted molar refractivity (Wildman–Crippen MR) is 113 cm³/mol. The van der Waals surface area contributed by atoms with Crippen LogP contribution < -0.4 is 0 Å². The third-order valence-electron chi connectivity index (χ3n) is 3.95. The normalized spacial score (nSPS) is 15.4. The quantitative estimate of drug-likeness (QED) is 0.112. The standard InChI is InChI=1S/C20H37O10P/c1-3-5-7-8-10-11-19(23)27-15-18(30-20(24)12-9-6-4-2)16-29-31(25,26)28-14-17(22)13-21/h8,10,17-18,21-22H,3-7,9,11-16H2,1-2H3,(H,25,26)/b10-8+/t17-,18+/m0/s1. The summed E-state index contributed by atoms with van der Waals surface area (Å²) in [5, 5.41) is 17.9. The molecule has 0 saturated heterocycles. The number of carbonyl (C=O) groups excluding carboxylic acids is 2. The summed E-state index contributed by atoms with van der Waals surface area (Å²) in [5.41, 5.74) is 0. The molecule has 0 rings (SSSR count). The van der Waals surface area contributed by atoms with E-state index in [1.165, 1.54) is 0 Å². The lowest BCUT2D eigenvalue weighted by Crippen LogP contribution is -2.29. The SMILES string of the molecule is CCCC/C=C/CC(=O)OC[C@H](COP(=O)(O)OC[C@@H](O)CO)OC(=O)CCCCC. The molecule has 0 bridgehead atoms. The zero-order chi connectivity index (χ0) is 23.5. The Morgan fingerprint density at radius 3 is 2.29 bits per heavy atom. The molecule has 11 heteroatoms. The number of aliphatic hydroxyl groups is 2. The van der Waals surface area contributed by atoms with Gasteiger partial charge in [0.15, 0.2) is 6.10 Å². The Labute approximate surface area is 184 Å². The minimum atomic E-state index is -4.57. The largest absolute Gasteiger partial charge is 0.472 e. The van der Waals surface area contributed by atoms with Gasteiger partial charge in [0.25, 0.3) is 0 Å². The van der Waals surface area contributed by atoms with Gasteiger partial charge < -0.3 is 24.6 Å². The molecule has 10 nitrogen and oxygen atoms in total. The molecule has 3 N–H and O–H groups in total. The number of allylic oxidation sites excluding steroid dienone is 1. The summed E-state index contributed by atoms with van der Waals surface area (Å²) in [4.78, 5) is 33.5.